The molecule has 0 bridgehead atoms. The number of halogens is 1. The number of likely N-dealkylation sites (N-methyl/N-ethyl adjacent to an activating group) is 2. The maximum atomic E-state index is 12.4. The molecule has 2 amide bonds. The van der Waals surface area contributed by atoms with Gasteiger partial charge in [0.15, 0.2) is 0 Å². The molecule has 6 heteroatoms. The molecule has 1 heterocycles. The number of rotatable bonds is 6. The molecule has 0 aliphatic heterocycles. The molecule has 122 valence electrons. The SMILES string of the molecule is CCN(Cc1ccc(Cl)s1)C(=O)CN(C)C(=O)c1ccccc1. The van der Waals surface area contributed by atoms with Crippen molar-refractivity contribution in [3.05, 3.63) is 57.2 Å². The highest BCUT2D eigenvalue weighted by molar-refractivity contribution is 7.16. The van der Waals surface area contributed by atoms with Crippen LogP contribution in [0.5, 0.6) is 0 Å². The van der Waals surface area contributed by atoms with Gasteiger partial charge in [-0.1, -0.05) is 29.8 Å². The highest BCUT2D eigenvalue weighted by atomic mass is 35.5. The van der Waals surface area contributed by atoms with Gasteiger partial charge in [-0.15, -0.1) is 11.3 Å². The molecule has 2 aromatic rings. The zero-order chi connectivity index (χ0) is 16.8. The lowest BCUT2D eigenvalue weighted by molar-refractivity contribution is -0.132. The van der Waals surface area contributed by atoms with E-state index in [1.165, 1.54) is 16.2 Å². The molecule has 0 saturated carbocycles. The van der Waals surface area contributed by atoms with Crippen LogP contribution in [0.1, 0.15) is 22.2 Å². The van der Waals surface area contributed by atoms with Crippen molar-refractivity contribution in [3.63, 3.8) is 0 Å². The predicted molar refractivity (Wildman–Crippen MR) is 93.8 cm³/mol. The third-order valence-electron chi connectivity index (χ3n) is 3.45. The summed E-state index contributed by atoms with van der Waals surface area (Å²) in [5, 5.41) is 0. The fourth-order valence-electron chi connectivity index (χ4n) is 2.18. The van der Waals surface area contributed by atoms with Gasteiger partial charge in [-0.3, -0.25) is 9.59 Å². The lowest BCUT2D eigenvalue weighted by atomic mass is 10.2. The fraction of sp³-hybridized carbons (Fsp3) is 0.294. The van der Waals surface area contributed by atoms with E-state index < -0.39 is 0 Å². The quantitative estimate of drug-likeness (QED) is 0.799. The average Bonchev–Trinajstić information content (AvgIpc) is 2.97. The van der Waals surface area contributed by atoms with E-state index in [0.717, 1.165) is 4.88 Å². The van der Waals surface area contributed by atoms with Gasteiger partial charge in [0.05, 0.1) is 17.4 Å². The molecule has 0 radical (unpaired) electrons. The van der Waals surface area contributed by atoms with Crippen molar-refractivity contribution >= 4 is 34.8 Å². The lowest BCUT2D eigenvalue weighted by Gasteiger charge is -2.24. The molecule has 4 nitrogen and oxygen atoms in total. The second-order valence-electron chi connectivity index (χ2n) is 5.14. The first-order chi connectivity index (χ1) is 11.0. The van der Waals surface area contributed by atoms with E-state index in [9.17, 15) is 9.59 Å². The van der Waals surface area contributed by atoms with Crippen molar-refractivity contribution in [3.8, 4) is 0 Å². The Hall–Kier alpha value is -1.85. The molecule has 2 rings (SSSR count). The number of amides is 2. The van der Waals surface area contributed by atoms with Gasteiger partial charge in [-0.25, -0.2) is 0 Å². The van der Waals surface area contributed by atoms with Crippen molar-refractivity contribution in [1.29, 1.82) is 0 Å². The minimum atomic E-state index is -0.158. The summed E-state index contributed by atoms with van der Waals surface area (Å²) in [4.78, 5) is 28.9. The van der Waals surface area contributed by atoms with Crippen LogP contribution < -0.4 is 0 Å². The normalized spacial score (nSPS) is 10.4. The lowest BCUT2D eigenvalue weighted by Crippen LogP contribution is -2.40. The van der Waals surface area contributed by atoms with Gasteiger partial charge < -0.3 is 9.80 Å². The van der Waals surface area contributed by atoms with Gasteiger partial charge >= 0.3 is 0 Å². The summed E-state index contributed by atoms with van der Waals surface area (Å²) in [7, 11) is 1.64. The van der Waals surface area contributed by atoms with Crippen molar-refractivity contribution in [2.45, 2.75) is 13.5 Å². The van der Waals surface area contributed by atoms with Crippen LogP contribution in [0.2, 0.25) is 4.34 Å². The maximum Gasteiger partial charge on any atom is 0.254 e. The van der Waals surface area contributed by atoms with Crippen LogP contribution in [0.25, 0.3) is 0 Å². The van der Waals surface area contributed by atoms with Crippen LogP contribution >= 0.6 is 22.9 Å². The van der Waals surface area contributed by atoms with Gasteiger partial charge in [0, 0.05) is 24.0 Å². The molecule has 0 atom stereocenters. The molecule has 1 aromatic heterocycles. The van der Waals surface area contributed by atoms with E-state index in [4.69, 9.17) is 11.6 Å². The summed E-state index contributed by atoms with van der Waals surface area (Å²) in [6, 6.07) is 12.7. The van der Waals surface area contributed by atoms with E-state index in [1.807, 2.05) is 37.3 Å². The molecule has 23 heavy (non-hydrogen) atoms. The monoisotopic (exact) mass is 350 g/mol. The van der Waals surface area contributed by atoms with Crippen LogP contribution in [0.3, 0.4) is 0 Å². The third-order valence-corrected chi connectivity index (χ3v) is 4.67. The number of carbonyl (C=O) groups excluding carboxylic acids is 2. The van der Waals surface area contributed by atoms with Gasteiger partial charge in [0.1, 0.15) is 0 Å². The number of hydrogen-bond acceptors (Lipinski definition) is 3. The molecule has 0 spiro atoms. The summed E-state index contributed by atoms with van der Waals surface area (Å²) in [5.74, 6) is -0.238. The Balaban J connectivity index is 1.97. The van der Waals surface area contributed by atoms with Crippen LogP contribution in [0.4, 0.5) is 0 Å². The molecule has 0 unspecified atom stereocenters. The van der Waals surface area contributed by atoms with Crippen LogP contribution in [0.15, 0.2) is 42.5 Å². The zero-order valence-corrected chi connectivity index (χ0v) is 14.7. The summed E-state index contributed by atoms with van der Waals surface area (Å²) < 4.78 is 0.708. The van der Waals surface area contributed by atoms with E-state index in [1.54, 1.807) is 24.1 Å². The summed E-state index contributed by atoms with van der Waals surface area (Å²) >= 11 is 7.38. The van der Waals surface area contributed by atoms with Crippen molar-refractivity contribution < 1.29 is 9.59 Å². The summed E-state index contributed by atoms with van der Waals surface area (Å²) in [5.41, 5.74) is 0.580. The number of hydrogen-bond donors (Lipinski definition) is 0. The van der Waals surface area contributed by atoms with E-state index in [2.05, 4.69) is 0 Å². The molecule has 0 fully saturated rings. The second-order valence-corrected chi connectivity index (χ2v) is 6.94. The van der Waals surface area contributed by atoms with Crippen molar-refractivity contribution in [2.24, 2.45) is 0 Å². The van der Waals surface area contributed by atoms with E-state index in [0.29, 0.717) is 23.0 Å². The van der Waals surface area contributed by atoms with Crippen LogP contribution in [0, 0.1) is 0 Å². The number of benzene rings is 1. The Kier molecular flexibility index (Phi) is 6.19. The van der Waals surface area contributed by atoms with E-state index in [-0.39, 0.29) is 18.4 Å². The standard InChI is InChI=1S/C17H19ClN2O2S/c1-3-20(11-14-9-10-15(18)23-14)16(21)12-19(2)17(22)13-7-5-4-6-8-13/h4-10H,3,11-12H2,1-2H3. The van der Waals surface area contributed by atoms with Gasteiger partial charge in [-0.2, -0.15) is 0 Å². The minimum Gasteiger partial charge on any atom is -0.336 e. The van der Waals surface area contributed by atoms with Crippen molar-refractivity contribution in [1.82, 2.24) is 9.80 Å². The zero-order valence-electron chi connectivity index (χ0n) is 13.2. The minimum absolute atomic E-state index is 0.0562. The Morgan fingerprint density at radius 1 is 1.13 bits per heavy atom. The molecule has 1 aromatic carbocycles. The summed E-state index contributed by atoms with van der Waals surface area (Å²) in [6.45, 7) is 3.08. The van der Waals surface area contributed by atoms with Gasteiger partial charge in [0.2, 0.25) is 5.91 Å². The molecule has 0 saturated heterocycles. The molecular formula is C17H19ClN2O2S. The molecule has 0 aliphatic carbocycles. The smallest absolute Gasteiger partial charge is 0.254 e. The Bertz CT molecular complexity index is 672. The van der Waals surface area contributed by atoms with Crippen molar-refractivity contribution in [2.75, 3.05) is 20.1 Å². The molecule has 0 N–H and O–H groups in total. The number of nitrogens with zero attached hydrogens (tertiary/aromatic N) is 2. The first-order valence-electron chi connectivity index (χ1n) is 7.33. The highest BCUT2D eigenvalue weighted by Gasteiger charge is 2.19. The topological polar surface area (TPSA) is 40.6 Å². The second kappa shape index (κ2) is 8.13. The maximum absolute atomic E-state index is 12.4. The Labute approximate surface area is 145 Å². The number of carbonyl (C=O) groups is 2. The van der Waals surface area contributed by atoms with Crippen LogP contribution in [-0.2, 0) is 11.3 Å². The third kappa shape index (κ3) is 4.81. The molecular weight excluding hydrogens is 332 g/mol. The average molecular weight is 351 g/mol. The number of thiophene rings is 1. The van der Waals surface area contributed by atoms with Crippen LogP contribution in [-0.4, -0.2) is 41.8 Å². The van der Waals surface area contributed by atoms with Gasteiger partial charge in [-0.05, 0) is 31.2 Å². The predicted octanol–water partition coefficient (Wildman–Crippen LogP) is 3.52. The first kappa shape index (κ1) is 17.5. The summed E-state index contributed by atoms with van der Waals surface area (Å²) in [6.07, 6.45) is 0. The Morgan fingerprint density at radius 2 is 1.83 bits per heavy atom. The van der Waals surface area contributed by atoms with Gasteiger partial charge in [0.25, 0.3) is 5.91 Å². The van der Waals surface area contributed by atoms with E-state index >= 15 is 0 Å². The largest absolute Gasteiger partial charge is 0.336 e. The Morgan fingerprint density at radius 3 is 2.39 bits per heavy atom. The molecule has 0 aliphatic rings. The highest BCUT2D eigenvalue weighted by Crippen LogP contribution is 2.22. The first-order valence-corrected chi connectivity index (χ1v) is 8.53. The fourth-order valence-corrected chi connectivity index (χ4v) is 3.28.